The molecule has 0 aromatic rings. The Morgan fingerprint density at radius 1 is 0.333 bits per heavy atom. The van der Waals surface area contributed by atoms with Gasteiger partial charge in [0.1, 0.15) is 6.61 Å². The first-order valence-electron chi connectivity index (χ1n) is 29.9. The fraction of sp³-hybridized carbons (Fsp3) is 0.902. The number of allylic oxidation sites excluding steroid dienone is 4. The third-order valence-corrected chi connectivity index (χ3v) is 13.7. The van der Waals surface area contributed by atoms with Gasteiger partial charge >= 0.3 is 11.9 Å². The number of rotatable bonds is 56. The first kappa shape index (κ1) is 64.4. The zero-order chi connectivity index (χ0) is 47.7. The van der Waals surface area contributed by atoms with Crippen LogP contribution in [0.2, 0.25) is 0 Å². The minimum absolute atomic E-state index is 0.0650. The van der Waals surface area contributed by atoms with Crippen molar-refractivity contribution in [2.75, 3.05) is 13.2 Å². The van der Waals surface area contributed by atoms with Gasteiger partial charge in [-0.3, -0.25) is 9.59 Å². The van der Waals surface area contributed by atoms with Crippen LogP contribution in [0.5, 0.6) is 0 Å². The Morgan fingerprint density at radius 2 is 0.576 bits per heavy atom. The van der Waals surface area contributed by atoms with E-state index < -0.39 is 6.10 Å². The number of carbonyl (C=O) groups excluding carboxylic acids is 2. The molecule has 0 saturated heterocycles. The Hall–Kier alpha value is -1.62. The van der Waals surface area contributed by atoms with E-state index >= 15 is 0 Å². The molecule has 0 bridgehead atoms. The summed E-state index contributed by atoms with van der Waals surface area (Å²) in [4.78, 5) is 24.4. The van der Waals surface area contributed by atoms with Crippen LogP contribution in [0.4, 0.5) is 0 Å². The second-order valence-corrected chi connectivity index (χ2v) is 20.4. The Kier molecular flexibility index (Phi) is 56.3. The first-order valence-corrected chi connectivity index (χ1v) is 29.9. The second-order valence-electron chi connectivity index (χ2n) is 20.4. The monoisotopic (exact) mass is 929 g/mol. The molecule has 1 atom stereocenters. The summed E-state index contributed by atoms with van der Waals surface area (Å²) in [6.07, 6.45) is 73.5. The van der Waals surface area contributed by atoms with E-state index in [-0.39, 0.29) is 25.2 Å². The number of hydrogen-bond donors (Lipinski definition) is 1. The summed E-state index contributed by atoms with van der Waals surface area (Å²) < 4.78 is 10.6. The van der Waals surface area contributed by atoms with Crippen LogP contribution in [0.1, 0.15) is 335 Å². The fourth-order valence-corrected chi connectivity index (χ4v) is 9.18. The molecule has 5 nitrogen and oxygen atoms in total. The molecular formula is C61H116O5. The van der Waals surface area contributed by atoms with E-state index in [1.54, 1.807) is 0 Å². The molecule has 1 unspecified atom stereocenters. The molecule has 0 aliphatic carbocycles. The molecule has 0 heterocycles. The van der Waals surface area contributed by atoms with Gasteiger partial charge in [0, 0.05) is 12.8 Å². The van der Waals surface area contributed by atoms with Gasteiger partial charge < -0.3 is 14.6 Å². The Bertz CT molecular complexity index is 1010. The van der Waals surface area contributed by atoms with E-state index in [4.69, 9.17) is 9.47 Å². The molecule has 0 aliphatic heterocycles. The van der Waals surface area contributed by atoms with Crippen LogP contribution in [0.25, 0.3) is 0 Å². The number of aliphatic hydroxyl groups is 1. The van der Waals surface area contributed by atoms with Crippen LogP contribution in [0, 0.1) is 0 Å². The average Bonchev–Trinajstić information content (AvgIpc) is 3.32. The van der Waals surface area contributed by atoms with Gasteiger partial charge in [0.05, 0.1) is 6.61 Å². The molecule has 0 rings (SSSR count). The predicted molar refractivity (Wildman–Crippen MR) is 288 cm³/mol. The predicted octanol–water partition coefficient (Wildman–Crippen LogP) is 20.1. The normalized spacial score (nSPS) is 12.2. The minimum atomic E-state index is -0.770. The fourth-order valence-electron chi connectivity index (χ4n) is 9.18. The number of unbranched alkanes of at least 4 members (excludes halogenated alkanes) is 44. The maximum Gasteiger partial charge on any atom is 0.306 e. The lowest BCUT2D eigenvalue weighted by Crippen LogP contribution is -2.28. The van der Waals surface area contributed by atoms with Gasteiger partial charge in [-0.25, -0.2) is 0 Å². The summed E-state index contributed by atoms with van der Waals surface area (Å²) in [5, 5.41) is 9.60. The lowest BCUT2D eigenvalue weighted by atomic mass is 10.0. The van der Waals surface area contributed by atoms with Crippen molar-refractivity contribution < 1.29 is 24.2 Å². The van der Waals surface area contributed by atoms with Gasteiger partial charge in [-0.15, -0.1) is 0 Å². The highest BCUT2D eigenvalue weighted by atomic mass is 16.6. The molecule has 0 aromatic carbocycles. The van der Waals surface area contributed by atoms with Crippen molar-refractivity contribution in [3.05, 3.63) is 24.3 Å². The SMILES string of the molecule is CCCC/C=C\CCCCCCCC(=O)OCC(CO)OC(=O)CCCCCCCCCCCCCCCCCCCCCCCCCCCCCCC/C=C\CCCCCCCCCC. The highest BCUT2D eigenvalue weighted by Gasteiger charge is 2.16. The summed E-state index contributed by atoms with van der Waals surface area (Å²) in [7, 11) is 0. The molecule has 0 spiro atoms. The summed E-state index contributed by atoms with van der Waals surface area (Å²) in [5.41, 5.74) is 0. The van der Waals surface area contributed by atoms with Crippen molar-refractivity contribution in [1.82, 2.24) is 0 Å². The summed E-state index contributed by atoms with van der Waals surface area (Å²) in [6.45, 7) is 4.13. The Morgan fingerprint density at radius 3 is 0.864 bits per heavy atom. The zero-order valence-electron chi connectivity index (χ0n) is 44.7. The minimum Gasteiger partial charge on any atom is -0.462 e. The van der Waals surface area contributed by atoms with Crippen LogP contribution < -0.4 is 0 Å². The molecule has 0 saturated carbocycles. The number of ether oxygens (including phenoxy) is 2. The van der Waals surface area contributed by atoms with Crippen LogP contribution in [-0.4, -0.2) is 36.4 Å². The summed E-state index contributed by atoms with van der Waals surface area (Å²) in [5.74, 6) is -0.587. The quantitative estimate of drug-likeness (QED) is 0.0374. The number of hydrogen-bond acceptors (Lipinski definition) is 5. The van der Waals surface area contributed by atoms with Gasteiger partial charge in [-0.2, -0.15) is 0 Å². The average molecular weight is 930 g/mol. The second kappa shape index (κ2) is 57.7. The molecular weight excluding hydrogens is 813 g/mol. The standard InChI is InChI=1S/C61H116O5/c1-3-5-7-9-11-13-15-16-17-18-19-20-21-22-23-24-25-26-27-28-29-30-31-32-33-34-35-36-37-38-39-40-41-42-43-44-46-48-50-52-54-56-61(64)66-59(57-62)58-65-60(63)55-53-51-49-47-45-14-12-10-8-6-4-2/h10,12,18-19,59,62H,3-9,11,13-17,20-58H2,1-2H3/b12-10-,19-18-. The van der Waals surface area contributed by atoms with Crippen molar-refractivity contribution in [2.45, 2.75) is 341 Å². The lowest BCUT2D eigenvalue weighted by molar-refractivity contribution is -0.161. The zero-order valence-corrected chi connectivity index (χ0v) is 44.7. The largest absolute Gasteiger partial charge is 0.462 e. The number of aliphatic hydroxyl groups excluding tert-OH is 1. The van der Waals surface area contributed by atoms with E-state index in [9.17, 15) is 14.7 Å². The van der Waals surface area contributed by atoms with E-state index in [0.717, 1.165) is 44.9 Å². The van der Waals surface area contributed by atoms with Crippen LogP contribution in [0.15, 0.2) is 24.3 Å². The summed E-state index contributed by atoms with van der Waals surface area (Å²) >= 11 is 0. The van der Waals surface area contributed by atoms with Crippen LogP contribution in [-0.2, 0) is 19.1 Å². The van der Waals surface area contributed by atoms with E-state index in [0.29, 0.717) is 12.8 Å². The Labute approximate surface area is 413 Å². The molecule has 390 valence electrons. The molecule has 0 aliphatic rings. The highest BCUT2D eigenvalue weighted by Crippen LogP contribution is 2.18. The van der Waals surface area contributed by atoms with Gasteiger partial charge in [-0.1, -0.05) is 289 Å². The smallest absolute Gasteiger partial charge is 0.306 e. The van der Waals surface area contributed by atoms with E-state index in [1.807, 2.05) is 0 Å². The number of esters is 2. The summed E-state index contributed by atoms with van der Waals surface area (Å²) in [6, 6.07) is 0. The van der Waals surface area contributed by atoms with Crippen molar-refractivity contribution >= 4 is 11.9 Å². The van der Waals surface area contributed by atoms with Gasteiger partial charge in [0.2, 0.25) is 0 Å². The van der Waals surface area contributed by atoms with Crippen molar-refractivity contribution in [1.29, 1.82) is 0 Å². The maximum atomic E-state index is 12.3. The van der Waals surface area contributed by atoms with Crippen LogP contribution >= 0.6 is 0 Å². The third kappa shape index (κ3) is 55.0. The van der Waals surface area contributed by atoms with E-state index in [1.165, 1.54) is 263 Å². The number of carbonyl (C=O) groups is 2. The maximum absolute atomic E-state index is 12.3. The van der Waals surface area contributed by atoms with Crippen molar-refractivity contribution in [3.63, 3.8) is 0 Å². The molecule has 0 fully saturated rings. The lowest BCUT2D eigenvalue weighted by Gasteiger charge is -2.15. The first-order chi connectivity index (χ1) is 32.6. The molecule has 0 amide bonds. The molecule has 0 aromatic heterocycles. The molecule has 1 N–H and O–H groups in total. The molecule has 5 heteroatoms. The van der Waals surface area contributed by atoms with Gasteiger partial charge in [0.15, 0.2) is 6.10 Å². The third-order valence-electron chi connectivity index (χ3n) is 13.7. The Balaban J connectivity index is 3.31. The van der Waals surface area contributed by atoms with Crippen molar-refractivity contribution in [2.24, 2.45) is 0 Å². The molecule has 0 radical (unpaired) electrons. The van der Waals surface area contributed by atoms with Crippen molar-refractivity contribution in [3.8, 4) is 0 Å². The van der Waals surface area contributed by atoms with Gasteiger partial charge in [0.25, 0.3) is 0 Å². The highest BCUT2D eigenvalue weighted by molar-refractivity contribution is 5.70. The van der Waals surface area contributed by atoms with Crippen LogP contribution in [0.3, 0.4) is 0 Å². The van der Waals surface area contributed by atoms with Gasteiger partial charge in [-0.05, 0) is 57.8 Å². The van der Waals surface area contributed by atoms with E-state index in [2.05, 4.69) is 38.2 Å². The molecule has 66 heavy (non-hydrogen) atoms. The topological polar surface area (TPSA) is 72.8 Å².